The molecule has 4 heteroatoms. The topological polar surface area (TPSA) is 53.3 Å². The average molecular weight is 224 g/mol. The van der Waals surface area contributed by atoms with Crippen molar-refractivity contribution in [2.45, 2.75) is 33.1 Å². The lowest BCUT2D eigenvalue weighted by atomic mass is 10.0. The first kappa shape index (κ1) is 13.0. The second-order valence-electron chi connectivity index (χ2n) is 4.44. The molecule has 1 fully saturated rings. The summed E-state index contributed by atoms with van der Waals surface area (Å²) in [5.41, 5.74) is 0.164. The van der Waals surface area contributed by atoms with Crippen molar-refractivity contribution in [3.05, 3.63) is 0 Å². The molecule has 0 bridgehead atoms. The van der Waals surface area contributed by atoms with Gasteiger partial charge in [0.2, 0.25) is 0 Å². The van der Waals surface area contributed by atoms with Crippen molar-refractivity contribution in [1.82, 2.24) is 4.90 Å². The molecule has 0 amide bonds. The summed E-state index contributed by atoms with van der Waals surface area (Å²) in [4.78, 5) is 13.4. The number of hydrogen-bond donors (Lipinski definition) is 0. The van der Waals surface area contributed by atoms with Gasteiger partial charge in [-0.2, -0.15) is 5.26 Å². The molecule has 1 aliphatic carbocycles. The first-order chi connectivity index (χ1) is 7.65. The highest BCUT2D eigenvalue weighted by Gasteiger charge is 2.43. The van der Waals surface area contributed by atoms with Gasteiger partial charge in [0.15, 0.2) is 0 Å². The van der Waals surface area contributed by atoms with Crippen LogP contribution in [0.15, 0.2) is 0 Å². The average Bonchev–Trinajstić information content (AvgIpc) is 2.98. The second kappa shape index (κ2) is 5.86. The minimum Gasteiger partial charge on any atom is -0.465 e. The van der Waals surface area contributed by atoms with Gasteiger partial charge in [-0.3, -0.25) is 9.69 Å². The summed E-state index contributed by atoms with van der Waals surface area (Å²) in [5, 5.41) is 8.73. The number of carbonyl (C=O) groups excluding carboxylic acids is 1. The molecule has 0 spiro atoms. The Balaban J connectivity index is 2.37. The van der Waals surface area contributed by atoms with Crippen LogP contribution in [0.2, 0.25) is 0 Å². The van der Waals surface area contributed by atoms with Crippen LogP contribution in [-0.2, 0) is 9.53 Å². The molecule has 0 radical (unpaired) electrons. The minimum absolute atomic E-state index is 0.164. The zero-order valence-corrected chi connectivity index (χ0v) is 10.2. The molecular weight excluding hydrogens is 204 g/mol. The maximum absolute atomic E-state index is 11.3. The van der Waals surface area contributed by atoms with Crippen molar-refractivity contribution in [3.8, 4) is 6.07 Å². The quantitative estimate of drug-likeness (QED) is 0.616. The van der Waals surface area contributed by atoms with E-state index in [1.807, 2.05) is 13.8 Å². The molecule has 4 nitrogen and oxygen atoms in total. The Kier molecular flexibility index (Phi) is 4.75. The highest BCUT2D eigenvalue weighted by molar-refractivity contribution is 5.71. The van der Waals surface area contributed by atoms with E-state index >= 15 is 0 Å². The van der Waals surface area contributed by atoms with Crippen LogP contribution in [-0.4, -0.2) is 37.1 Å². The molecule has 0 N–H and O–H groups in total. The molecule has 0 aromatic rings. The summed E-state index contributed by atoms with van der Waals surface area (Å²) in [7, 11) is 0. The Hall–Kier alpha value is -1.08. The lowest BCUT2D eigenvalue weighted by molar-refractivity contribution is -0.144. The monoisotopic (exact) mass is 224 g/mol. The summed E-state index contributed by atoms with van der Waals surface area (Å²) in [6.45, 7) is 6.28. The molecule has 0 atom stereocenters. The largest absolute Gasteiger partial charge is 0.465 e. The predicted molar refractivity (Wildman–Crippen MR) is 60.6 cm³/mol. The van der Waals surface area contributed by atoms with Crippen molar-refractivity contribution in [1.29, 1.82) is 5.26 Å². The molecule has 0 saturated heterocycles. The fourth-order valence-electron chi connectivity index (χ4n) is 1.88. The van der Waals surface area contributed by atoms with E-state index in [0.717, 1.165) is 25.9 Å². The molecule has 1 aliphatic rings. The summed E-state index contributed by atoms with van der Waals surface area (Å²) in [5.74, 6) is -0.169. The van der Waals surface area contributed by atoms with E-state index in [1.54, 1.807) is 0 Å². The molecule has 90 valence electrons. The molecular formula is C12H20N2O2. The number of likely N-dealkylation sites (N-methyl/N-ethyl adjacent to an activating group) is 1. The fourth-order valence-corrected chi connectivity index (χ4v) is 1.88. The number of rotatable bonds is 7. The van der Waals surface area contributed by atoms with E-state index in [0.29, 0.717) is 19.6 Å². The smallest absolute Gasteiger partial charge is 0.320 e. The van der Waals surface area contributed by atoms with Gasteiger partial charge in [0.1, 0.15) is 0 Å². The van der Waals surface area contributed by atoms with Crippen LogP contribution >= 0.6 is 0 Å². The predicted octanol–water partition coefficient (Wildman–Crippen LogP) is 1.57. The first-order valence-corrected chi connectivity index (χ1v) is 5.90. The van der Waals surface area contributed by atoms with E-state index in [2.05, 4.69) is 11.0 Å². The second-order valence-corrected chi connectivity index (χ2v) is 4.44. The van der Waals surface area contributed by atoms with Crippen molar-refractivity contribution in [2.24, 2.45) is 5.41 Å². The van der Waals surface area contributed by atoms with Crippen molar-refractivity contribution < 1.29 is 9.53 Å². The van der Waals surface area contributed by atoms with Crippen LogP contribution < -0.4 is 0 Å². The van der Waals surface area contributed by atoms with Gasteiger partial charge in [-0.1, -0.05) is 6.92 Å². The van der Waals surface area contributed by atoms with Crippen LogP contribution in [0.5, 0.6) is 0 Å². The molecule has 1 saturated carbocycles. The Morgan fingerprint density at radius 2 is 2.19 bits per heavy atom. The Labute approximate surface area is 97.2 Å². The molecule has 0 aromatic heterocycles. The van der Waals surface area contributed by atoms with E-state index in [9.17, 15) is 4.79 Å². The normalized spacial score (nSPS) is 16.9. The Bertz CT molecular complexity index is 279. The van der Waals surface area contributed by atoms with Crippen molar-refractivity contribution in [2.75, 3.05) is 26.2 Å². The maximum atomic E-state index is 11.3. The highest BCUT2D eigenvalue weighted by Crippen LogP contribution is 2.49. The third kappa shape index (κ3) is 3.82. The van der Waals surface area contributed by atoms with Crippen LogP contribution in [0.4, 0.5) is 0 Å². The van der Waals surface area contributed by atoms with E-state index in [-0.39, 0.29) is 11.4 Å². The summed E-state index contributed by atoms with van der Waals surface area (Å²) in [6, 6.07) is 2.24. The lowest BCUT2D eigenvalue weighted by Gasteiger charge is -2.23. The molecule has 0 unspecified atom stereocenters. The Morgan fingerprint density at radius 1 is 1.50 bits per heavy atom. The molecule has 1 rings (SSSR count). The molecule has 0 aliphatic heterocycles. The van der Waals surface area contributed by atoms with Gasteiger partial charge in [-0.15, -0.1) is 0 Å². The number of esters is 1. The van der Waals surface area contributed by atoms with Crippen molar-refractivity contribution in [3.63, 3.8) is 0 Å². The van der Waals surface area contributed by atoms with Crippen LogP contribution in [0, 0.1) is 16.7 Å². The van der Waals surface area contributed by atoms with Gasteiger partial charge in [0.25, 0.3) is 0 Å². The summed E-state index contributed by atoms with van der Waals surface area (Å²) >= 11 is 0. The van der Waals surface area contributed by atoms with E-state index in [4.69, 9.17) is 10.00 Å². The SMILES string of the molecule is CCOC(=O)CN(CC)CC1(CC#N)CC1. The third-order valence-electron chi connectivity index (χ3n) is 3.08. The minimum atomic E-state index is -0.169. The maximum Gasteiger partial charge on any atom is 0.320 e. The van der Waals surface area contributed by atoms with E-state index in [1.165, 1.54) is 0 Å². The van der Waals surface area contributed by atoms with Gasteiger partial charge in [0.05, 0.1) is 19.2 Å². The number of ether oxygens (including phenoxy) is 1. The van der Waals surface area contributed by atoms with Gasteiger partial charge in [0, 0.05) is 13.0 Å². The molecule has 16 heavy (non-hydrogen) atoms. The summed E-state index contributed by atoms with van der Waals surface area (Å²) in [6.07, 6.45) is 2.83. The van der Waals surface area contributed by atoms with Crippen molar-refractivity contribution >= 4 is 5.97 Å². The van der Waals surface area contributed by atoms with E-state index < -0.39 is 0 Å². The number of hydrogen-bond acceptors (Lipinski definition) is 4. The lowest BCUT2D eigenvalue weighted by Crippen LogP contribution is -2.35. The zero-order valence-electron chi connectivity index (χ0n) is 10.2. The highest BCUT2D eigenvalue weighted by atomic mass is 16.5. The molecule has 0 heterocycles. The van der Waals surface area contributed by atoms with Gasteiger partial charge >= 0.3 is 5.97 Å². The third-order valence-corrected chi connectivity index (χ3v) is 3.08. The molecule has 0 aromatic carbocycles. The van der Waals surface area contributed by atoms with Gasteiger partial charge in [-0.25, -0.2) is 0 Å². The zero-order chi connectivity index (χ0) is 12.0. The fraction of sp³-hybridized carbons (Fsp3) is 0.833. The van der Waals surface area contributed by atoms with Gasteiger partial charge in [-0.05, 0) is 31.7 Å². The number of carbonyl (C=O) groups is 1. The van der Waals surface area contributed by atoms with Gasteiger partial charge < -0.3 is 4.74 Å². The van der Waals surface area contributed by atoms with Crippen LogP contribution in [0.1, 0.15) is 33.1 Å². The number of nitriles is 1. The van der Waals surface area contributed by atoms with Crippen LogP contribution in [0.25, 0.3) is 0 Å². The number of nitrogens with zero attached hydrogens (tertiary/aromatic N) is 2. The summed E-state index contributed by atoms with van der Waals surface area (Å²) < 4.78 is 4.92. The Morgan fingerprint density at radius 3 is 2.62 bits per heavy atom. The van der Waals surface area contributed by atoms with Crippen LogP contribution in [0.3, 0.4) is 0 Å². The standard InChI is InChI=1S/C12H20N2O2/c1-3-14(9-11(15)16-4-2)10-12(5-6-12)7-8-13/h3-7,9-10H2,1-2H3. The first-order valence-electron chi connectivity index (χ1n) is 5.90.